The minimum Gasteiger partial charge on any atom is -0.494 e. The molecule has 25 heavy (non-hydrogen) atoms. The van der Waals surface area contributed by atoms with Crippen molar-refractivity contribution in [2.45, 2.75) is 25.7 Å². The Balaban J connectivity index is 1.59. The molecule has 1 amide bonds. The van der Waals surface area contributed by atoms with E-state index in [2.05, 4.69) is 11.1 Å². The quantitative estimate of drug-likeness (QED) is 0.838. The topological polar surface area (TPSA) is 42.4 Å². The van der Waals surface area contributed by atoms with Gasteiger partial charge in [0.1, 0.15) is 0 Å². The first-order valence-corrected chi connectivity index (χ1v) is 8.65. The monoisotopic (exact) mass is 342 g/mol. The smallest absolute Gasteiger partial charge is 0.227 e. The minimum absolute atomic E-state index is 0.0560. The molecule has 0 N–H and O–H groups in total. The zero-order chi connectivity index (χ0) is 17.6. The van der Waals surface area contributed by atoms with Crippen LogP contribution in [0.15, 0.2) is 42.7 Å². The molecule has 2 heterocycles. The van der Waals surface area contributed by atoms with E-state index in [-0.39, 0.29) is 18.1 Å². The predicted octanol–water partition coefficient (Wildman–Crippen LogP) is 3.25. The molecule has 0 unspecified atom stereocenters. The van der Waals surface area contributed by atoms with Crippen LogP contribution in [0.5, 0.6) is 5.75 Å². The molecule has 0 radical (unpaired) electrons. The van der Waals surface area contributed by atoms with Gasteiger partial charge >= 0.3 is 0 Å². The molecule has 4 nitrogen and oxygen atoms in total. The molecule has 0 bridgehead atoms. The standard InChI is InChI=1S/C20H23FN2O2/c1-25-19-7-6-15(11-18(19)21)12-20(24)23-9-3-5-17(14-23)10-16-4-2-8-22-13-16/h2,4,6-8,11,13,17H,3,5,9-10,12,14H2,1H3/t17-/m1/s1. The summed E-state index contributed by atoms with van der Waals surface area (Å²) in [7, 11) is 1.43. The van der Waals surface area contributed by atoms with Gasteiger partial charge in [-0.15, -0.1) is 0 Å². The summed E-state index contributed by atoms with van der Waals surface area (Å²) in [6.45, 7) is 1.54. The molecule has 1 saturated heterocycles. The van der Waals surface area contributed by atoms with E-state index in [0.29, 0.717) is 11.5 Å². The first kappa shape index (κ1) is 17.4. The number of halogens is 1. The van der Waals surface area contributed by atoms with Gasteiger partial charge < -0.3 is 9.64 Å². The highest BCUT2D eigenvalue weighted by atomic mass is 19.1. The molecule has 0 aliphatic carbocycles. The van der Waals surface area contributed by atoms with E-state index in [1.54, 1.807) is 18.3 Å². The van der Waals surface area contributed by atoms with Crippen LogP contribution in [0.2, 0.25) is 0 Å². The van der Waals surface area contributed by atoms with E-state index >= 15 is 0 Å². The molecule has 1 aliphatic heterocycles. The lowest BCUT2D eigenvalue weighted by molar-refractivity contribution is -0.132. The second kappa shape index (κ2) is 8.10. The van der Waals surface area contributed by atoms with Crippen LogP contribution in [0.25, 0.3) is 0 Å². The fourth-order valence-electron chi connectivity index (χ4n) is 3.42. The zero-order valence-electron chi connectivity index (χ0n) is 14.5. The van der Waals surface area contributed by atoms with Gasteiger partial charge in [-0.05, 0) is 54.5 Å². The summed E-state index contributed by atoms with van der Waals surface area (Å²) in [5.41, 5.74) is 1.89. The number of methoxy groups -OCH3 is 1. The van der Waals surface area contributed by atoms with Crippen molar-refractivity contribution in [1.82, 2.24) is 9.88 Å². The highest BCUT2D eigenvalue weighted by molar-refractivity contribution is 5.79. The van der Waals surface area contributed by atoms with E-state index in [9.17, 15) is 9.18 Å². The van der Waals surface area contributed by atoms with Gasteiger partial charge in [-0.3, -0.25) is 9.78 Å². The van der Waals surface area contributed by atoms with E-state index in [0.717, 1.165) is 32.4 Å². The first-order chi connectivity index (χ1) is 12.2. The minimum atomic E-state index is -0.430. The molecular weight excluding hydrogens is 319 g/mol. The molecular formula is C20H23FN2O2. The number of amides is 1. The van der Waals surface area contributed by atoms with Crippen molar-refractivity contribution in [1.29, 1.82) is 0 Å². The van der Waals surface area contributed by atoms with Gasteiger partial charge in [-0.25, -0.2) is 4.39 Å². The Kier molecular flexibility index (Phi) is 5.64. The molecule has 1 aliphatic rings. The Labute approximate surface area is 147 Å². The number of hydrogen-bond donors (Lipinski definition) is 0. The van der Waals surface area contributed by atoms with Crippen LogP contribution < -0.4 is 4.74 Å². The fraction of sp³-hybridized carbons (Fsp3) is 0.400. The summed E-state index contributed by atoms with van der Waals surface area (Å²) in [5.74, 6) is 0.279. The van der Waals surface area contributed by atoms with Crippen LogP contribution in [-0.4, -0.2) is 36.0 Å². The summed E-state index contributed by atoms with van der Waals surface area (Å²) in [5, 5.41) is 0. The lowest BCUT2D eigenvalue weighted by Gasteiger charge is -2.33. The molecule has 132 valence electrons. The van der Waals surface area contributed by atoms with Gasteiger partial charge in [0, 0.05) is 25.5 Å². The second-order valence-corrected chi connectivity index (χ2v) is 6.56. The van der Waals surface area contributed by atoms with Crippen LogP contribution in [0, 0.1) is 11.7 Å². The Hall–Kier alpha value is -2.43. The number of carbonyl (C=O) groups is 1. The fourth-order valence-corrected chi connectivity index (χ4v) is 3.42. The van der Waals surface area contributed by atoms with Gasteiger partial charge in [-0.1, -0.05) is 12.1 Å². The van der Waals surface area contributed by atoms with Gasteiger partial charge in [0.2, 0.25) is 5.91 Å². The van der Waals surface area contributed by atoms with E-state index in [4.69, 9.17) is 4.74 Å². The third-order valence-electron chi connectivity index (χ3n) is 4.69. The van der Waals surface area contributed by atoms with Crippen molar-refractivity contribution in [2.24, 2.45) is 5.92 Å². The average molecular weight is 342 g/mol. The molecule has 5 heteroatoms. The summed E-state index contributed by atoms with van der Waals surface area (Å²) in [6, 6.07) is 8.72. The number of hydrogen-bond acceptors (Lipinski definition) is 3. The number of rotatable bonds is 5. The Bertz CT molecular complexity index is 721. The molecule has 1 atom stereocenters. The maximum absolute atomic E-state index is 13.8. The Morgan fingerprint density at radius 1 is 1.36 bits per heavy atom. The largest absolute Gasteiger partial charge is 0.494 e. The first-order valence-electron chi connectivity index (χ1n) is 8.65. The van der Waals surface area contributed by atoms with Crippen molar-refractivity contribution < 1.29 is 13.9 Å². The lowest BCUT2D eigenvalue weighted by Crippen LogP contribution is -2.41. The molecule has 3 rings (SSSR count). The number of likely N-dealkylation sites (tertiary alicyclic amines) is 1. The van der Waals surface area contributed by atoms with Crippen LogP contribution in [-0.2, 0) is 17.6 Å². The van der Waals surface area contributed by atoms with Crippen molar-refractivity contribution in [3.05, 3.63) is 59.7 Å². The number of ether oxygens (including phenoxy) is 1. The Morgan fingerprint density at radius 2 is 2.24 bits per heavy atom. The number of aromatic nitrogens is 1. The zero-order valence-corrected chi connectivity index (χ0v) is 14.5. The normalized spacial score (nSPS) is 17.4. The number of benzene rings is 1. The van der Waals surface area contributed by atoms with E-state index in [1.807, 2.05) is 17.2 Å². The predicted molar refractivity (Wildman–Crippen MR) is 93.9 cm³/mol. The molecule has 1 aromatic carbocycles. The van der Waals surface area contributed by atoms with Gasteiger partial charge in [0.25, 0.3) is 0 Å². The third kappa shape index (κ3) is 4.56. The van der Waals surface area contributed by atoms with Gasteiger partial charge in [0.05, 0.1) is 13.5 Å². The Morgan fingerprint density at radius 3 is 2.96 bits per heavy atom. The van der Waals surface area contributed by atoms with Crippen molar-refractivity contribution in [2.75, 3.05) is 20.2 Å². The summed E-state index contributed by atoms with van der Waals surface area (Å²) >= 11 is 0. The van der Waals surface area contributed by atoms with Crippen molar-refractivity contribution in [3.8, 4) is 5.75 Å². The molecule has 2 aromatic rings. The van der Waals surface area contributed by atoms with Crippen LogP contribution in [0.3, 0.4) is 0 Å². The summed E-state index contributed by atoms with van der Waals surface area (Å²) in [4.78, 5) is 18.7. The average Bonchev–Trinajstić information content (AvgIpc) is 2.63. The lowest BCUT2D eigenvalue weighted by atomic mass is 9.91. The van der Waals surface area contributed by atoms with Crippen LogP contribution >= 0.6 is 0 Å². The SMILES string of the molecule is COc1ccc(CC(=O)N2CCC[C@H](Cc3cccnc3)C2)cc1F. The van der Waals surface area contributed by atoms with Crippen LogP contribution in [0.4, 0.5) is 4.39 Å². The molecule has 1 fully saturated rings. The second-order valence-electron chi connectivity index (χ2n) is 6.56. The highest BCUT2D eigenvalue weighted by Crippen LogP contribution is 2.22. The number of piperidine rings is 1. The van der Waals surface area contributed by atoms with Crippen molar-refractivity contribution >= 4 is 5.91 Å². The molecule has 0 saturated carbocycles. The number of carbonyl (C=O) groups excluding carboxylic acids is 1. The summed E-state index contributed by atoms with van der Waals surface area (Å²) < 4.78 is 18.7. The summed E-state index contributed by atoms with van der Waals surface area (Å²) in [6.07, 6.45) is 6.95. The molecule has 0 spiro atoms. The number of pyridine rings is 1. The van der Waals surface area contributed by atoms with Gasteiger partial charge in [0.15, 0.2) is 11.6 Å². The maximum Gasteiger partial charge on any atom is 0.227 e. The van der Waals surface area contributed by atoms with E-state index in [1.165, 1.54) is 18.7 Å². The van der Waals surface area contributed by atoms with Crippen LogP contribution in [0.1, 0.15) is 24.0 Å². The molecule has 1 aromatic heterocycles. The van der Waals surface area contributed by atoms with Crippen molar-refractivity contribution in [3.63, 3.8) is 0 Å². The van der Waals surface area contributed by atoms with Gasteiger partial charge in [-0.2, -0.15) is 0 Å². The third-order valence-corrected chi connectivity index (χ3v) is 4.69. The maximum atomic E-state index is 13.8. The highest BCUT2D eigenvalue weighted by Gasteiger charge is 2.24. The number of nitrogens with zero attached hydrogens (tertiary/aromatic N) is 2. The van der Waals surface area contributed by atoms with E-state index < -0.39 is 5.82 Å².